The molecular formula is C13H18O3S. The highest BCUT2D eigenvalue weighted by molar-refractivity contribution is 7.14. The molecule has 17 heavy (non-hydrogen) atoms. The maximum absolute atomic E-state index is 10.8. The van der Waals surface area contributed by atoms with Crippen LogP contribution in [0.15, 0.2) is 6.07 Å². The van der Waals surface area contributed by atoms with Gasteiger partial charge in [-0.1, -0.05) is 12.8 Å². The fraction of sp³-hybridized carbons (Fsp3) is 0.615. The highest BCUT2D eigenvalue weighted by atomic mass is 32.1. The summed E-state index contributed by atoms with van der Waals surface area (Å²) in [6.07, 6.45) is 5.22. The van der Waals surface area contributed by atoms with Crippen molar-refractivity contribution in [1.82, 2.24) is 0 Å². The highest BCUT2D eigenvalue weighted by Gasteiger charge is 2.16. The van der Waals surface area contributed by atoms with Crippen LogP contribution in [-0.2, 0) is 11.3 Å². The average molecular weight is 254 g/mol. The van der Waals surface area contributed by atoms with E-state index in [1.165, 1.54) is 37.0 Å². The summed E-state index contributed by atoms with van der Waals surface area (Å²) in [6.45, 7) is 3.31. The van der Waals surface area contributed by atoms with E-state index in [1.807, 2.05) is 6.92 Å². The lowest BCUT2D eigenvalue weighted by atomic mass is 10.1. The molecule has 1 aromatic rings. The maximum Gasteiger partial charge on any atom is 0.345 e. The van der Waals surface area contributed by atoms with Crippen molar-refractivity contribution >= 4 is 17.3 Å². The summed E-state index contributed by atoms with van der Waals surface area (Å²) in [5.74, 6) is -0.131. The molecule has 4 heteroatoms. The Bertz CT molecular complexity index is 391. The number of rotatable bonds is 5. The zero-order valence-corrected chi connectivity index (χ0v) is 10.9. The lowest BCUT2D eigenvalue weighted by Gasteiger charge is -2.09. The second kappa shape index (κ2) is 5.65. The lowest BCUT2D eigenvalue weighted by Crippen LogP contribution is -2.05. The van der Waals surface area contributed by atoms with Crippen molar-refractivity contribution in [2.45, 2.75) is 39.2 Å². The summed E-state index contributed by atoms with van der Waals surface area (Å²) < 4.78 is 5.69. The Morgan fingerprint density at radius 1 is 1.53 bits per heavy atom. The molecule has 0 bridgehead atoms. The molecule has 1 N–H and O–H groups in total. The van der Waals surface area contributed by atoms with E-state index in [1.54, 1.807) is 6.07 Å². The number of aromatic carboxylic acids is 1. The third kappa shape index (κ3) is 3.30. The van der Waals surface area contributed by atoms with Gasteiger partial charge in [-0.05, 0) is 37.3 Å². The molecule has 0 aliphatic heterocycles. The molecule has 1 heterocycles. The molecule has 1 aromatic heterocycles. The number of hydrogen-bond acceptors (Lipinski definition) is 3. The second-order valence-electron chi connectivity index (χ2n) is 4.66. The van der Waals surface area contributed by atoms with Crippen molar-refractivity contribution in [3.8, 4) is 0 Å². The van der Waals surface area contributed by atoms with Crippen LogP contribution in [0.1, 0.15) is 45.8 Å². The Morgan fingerprint density at radius 3 is 2.82 bits per heavy atom. The van der Waals surface area contributed by atoms with Gasteiger partial charge >= 0.3 is 5.97 Å². The first-order chi connectivity index (χ1) is 8.16. The largest absolute Gasteiger partial charge is 0.477 e. The lowest BCUT2D eigenvalue weighted by molar-refractivity contribution is 0.0701. The molecule has 0 atom stereocenters. The Morgan fingerprint density at radius 2 is 2.24 bits per heavy atom. The van der Waals surface area contributed by atoms with E-state index in [-0.39, 0.29) is 0 Å². The number of thiophene rings is 1. The molecule has 1 saturated carbocycles. The summed E-state index contributed by atoms with van der Waals surface area (Å²) in [7, 11) is 0. The predicted molar refractivity (Wildman–Crippen MR) is 67.6 cm³/mol. The molecule has 1 fully saturated rings. The van der Waals surface area contributed by atoms with Gasteiger partial charge in [0.05, 0.1) is 6.61 Å². The minimum absolute atomic E-state index is 0.405. The van der Waals surface area contributed by atoms with E-state index in [9.17, 15) is 4.79 Å². The minimum Gasteiger partial charge on any atom is -0.477 e. The standard InChI is InChI=1S/C13H18O3S/c1-9-11(6-12(17-9)13(14)15)8-16-7-10-4-2-3-5-10/h6,10H,2-5,7-8H2,1H3,(H,14,15). The van der Waals surface area contributed by atoms with Crippen LogP contribution in [0.4, 0.5) is 0 Å². The second-order valence-corrected chi connectivity index (χ2v) is 5.92. The van der Waals surface area contributed by atoms with Gasteiger partial charge in [0.1, 0.15) is 4.88 Å². The third-order valence-corrected chi connectivity index (χ3v) is 4.40. The zero-order valence-electron chi connectivity index (χ0n) is 10.1. The predicted octanol–water partition coefficient (Wildman–Crippen LogP) is 3.46. The quantitative estimate of drug-likeness (QED) is 0.875. The van der Waals surface area contributed by atoms with Crippen LogP contribution < -0.4 is 0 Å². The number of aryl methyl sites for hydroxylation is 1. The van der Waals surface area contributed by atoms with Gasteiger partial charge in [0, 0.05) is 11.5 Å². The van der Waals surface area contributed by atoms with Gasteiger partial charge in [0.15, 0.2) is 0 Å². The molecule has 94 valence electrons. The number of ether oxygens (including phenoxy) is 1. The summed E-state index contributed by atoms with van der Waals surface area (Å²) in [5.41, 5.74) is 1.02. The van der Waals surface area contributed by atoms with E-state index in [4.69, 9.17) is 9.84 Å². The van der Waals surface area contributed by atoms with Crippen LogP contribution in [0.3, 0.4) is 0 Å². The molecule has 1 aliphatic rings. The average Bonchev–Trinajstić information content (AvgIpc) is 2.89. The van der Waals surface area contributed by atoms with E-state index in [0.717, 1.165) is 17.0 Å². The fourth-order valence-corrected chi connectivity index (χ4v) is 3.15. The van der Waals surface area contributed by atoms with Crippen LogP contribution in [0, 0.1) is 12.8 Å². The normalized spacial score (nSPS) is 16.5. The zero-order chi connectivity index (χ0) is 12.3. The number of carboxylic acid groups (broad SMARTS) is 1. The Hall–Kier alpha value is -0.870. The van der Waals surface area contributed by atoms with Gasteiger partial charge in [0.2, 0.25) is 0 Å². The van der Waals surface area contributed by atoms with Crippen LogP contribution in [0.5, 0.6) is 0 Å². The van der Waals surface area contributed by atoms with Gasteiger partial charge < -0.3 is 9.84 Å². The fourth-order valence-electron chi connectivity index (χ4n) is 2.28. The molecule has 0 amide bonds. The van der Waals surface area contributed by atoms with Gasteiger partial charge in [-0.15, -0.1) is 11.3 Å². The number of carbonyl (C=O) groups is 1. The molecule has 0 spiro atoms. The van der Waals surface area contributed by atoms with Crippen molar-refractivity contribution in [2.75, 3.05) is 6.61 Å². The minimum atomic E-state index is -0.847. The molecule has 0 unspecified atom stereocenters. The summed E-state index contributed by atoms with van der Waals surface area (Å²) >= 11 is 1.33. The Labute approximate surface area is 105 Å². The molecule has 3 nitrogen and oxygen atoms in total. The molecule has 2 rings (SSSR count). The smallest absolute Gasteiger partial charge is 0.345 e. The first-order valence-electron chi connectivity index (χ1n) is 6.07. The van der Waals surface area contributed by atoms with Crippen molar-refractivity contribution in [3.05, 3.63) is 21.4 Å². The van der Waals surface area contributed by atoms with Crippen molar-refractivity contribution in [2.24, 2.45) is 5.92 Å². The molecule has 0 saturated heterocycles. The van der Waals surface area contributed by atoms with Gasteiger partial charge in [-0.3, -0.25) is 0 Å². The Balaban J connectivity index is 1.83. The van der Waals surface area contributed by atoms with Crippen molar-refractivity contribution in [3.63, 3.8) is 0 Å². The van der Waals surface area contributed by atoms with Crippen LogP contribution in [0.2, 0.25) is 0 Å². The first-order valence-corrected chi connectivity index (χ1v) is 6.89. The summed E-state index contributed by atoms with van der Waals surface area (Å²) in [5, 5.41) is 8.89. The van der Waals surface area contributed by atoms with Crippen LogP contribution >= 0.6 is 11.3 Å². The Kier molecular flexibility index (Phi) is 4.18. The van der Waals surface area contributed by atoms with E-state index >= 15 is 0 Å². The van der Waals surface area contributed by atoms with Crippen LogP contribution in [0.25, 0.3) is 0 Å². The van der Waals surface area contributed by atoms with E-state index in [2.05, 4.69) is 0 Å². The molecule has 0 aromatic carbocycles. The molecule has 0 radical (unpaired) electrons. The summed E-state index contributed by atoms with van der Waals surface area (Å²) in [6, 6.07) is 1.73. The number of hydrogen-bond donors (Lipinski definition) is 1. The SMILES string of the molecule is Cc1sc(C(=O)O)cc1COCC1CCCC1. The maximum atomic E-state index is 10.8. The topological polar surface area (TPSA) is 46.5 Å². The van der Waals surface area contributed by atoms with Gasteiger partial charge in [-0.2, -0.15) is 0 Å². The number of carboxylic acids is 1. The first kappa shape index (κ1) is 12.6. The van der Waals surface area contributed by atoms with Crippen LogP contribution in [-0.4, -0.2) is 17.7 Å². The molecular weight excluding hydrogens is 236 g/mol. The van der Waals surface area contributed by atoms with E-state index in [0.29, 0.717) is 17.4 Å². The van der Waals surface area contributed by atoms with Gasteiger partial charge in [0.25, 0.3) is 0 Å². The monoisotopic (exact) mass is 254 g/mol. The third-order valence-electron chi connectivity index (χ3n) is 3.32. The van der Waals surface area contributed by atoms with Crippen molar-refractivity contribution in [1.29, 1.82) is 0 Å². The summed E-state index contributed by atoms with van der Waals surface area (Å²) in [4.78, 5) is 12.3. The van der Waals surface area contributed by atoms with Crippen molar-refractivity contribution < 1.29 is 14.6 Å². The van der Waals surface area contributed by atoms with Gasteiger partial charge in [-0.25, -0.2) is 4.79 Å². The van der Waals surface area contributed by atoms with E-state index < -0.39 is 5.97 Å². The molecule has 1 aliphatic carbocycles. The highest BCUT2D eigenvalue weighted by Crippen LogP contribution is 2.26.